The lowest BCUT2D eigenvalue weighted by molar-refractivity contribution is -0.0303. The van der Waals surface area contributed by atoms with Crippen LogP contribution < -0.4 is 4.74 Å². The van der Waals surface area contributed by atoms with Gasteiger partial charge in [0, 0.05) is 17.7 Å². The lowest BCUT2D eigenvalue weighted by atomic mass is 9.85. The van der Waals surface area contributed by atoms with Crippen LogP contribution in [0.1, 0.15) is 34.6 Å². The molecule has 27 heavy (non-hydrogen) atoms. The molecule has 6 nitrogen and oxygen atoms in total. The van der Waals surface area contributed by atoms with Crippen molar-refractivity contribution >= 4 is 16.9 Å². The van der Waals surface area contributed by atoms with E-state index in [1.807, 2.05) is 43.3 Å². The average molecular weight is 365 g/mol. The molecule has 1 aliphatic heterocycles. The first-order valence-electron chi connectivity index (χ1n) is 9.12. The van der Waals surface area contributed by atoms with Gasteiger partial charge in [-0.15, -0.1) is 0 Å². The normalized spacial score (nSPS) is 20.0. The van der Waals surface area contributed by atoms with Crippen molar-refractivity contribution in [1.29, 1.82) is 0 Å². The number of ether oxygens (including phenoxy) is 1. The van der Waals surface area contributed by atoms with Crippen LogP contribution in [0.3, 0.4) is 0 Å². The van der Waals surface area contributed by atoms with E-state index in [1.54, 1.807) is 18.1 Å². The fraction of sp³-hybridized carbons (Fsp3) is 0.333. The number of nitrogens with zero attached hydrogens (tertiary/aromatic N) is 2. The Hall–Kier alpha value is -2.86. The second-order valence-electron chi connectivity index (χ2n) is 7.12. The Balaban J connectivity index is 1.62. The van der Waals surface area contributed by atoms with Crippen LogP contribution in [0.5, 0.6) is 5.75 Å². The molecule has 0 spiro atoms. The summed E-state index contributed by atoms with van der Waals surface area (Å²) in [6.45, 7) is 2.75. The Bertz CT molecular complexity index is 997. The topological polar surface area (TPSA) is 78.5 Å². The van der Waals surface area contributed by atoms with E-state index in [2.05, 4.69) is 9.97 Å². The van der Waals surface area contributed by atoms with Crippen molar-refractivity contribution in [2.45, 2.75) is 25.4 Å². The van der Waals surface area contributed by atoms with Crippen molar-refractivity contribution in [2.75, 3.05) is 20.2 Å². The SMILES string of the molecule is COc1ccccc1[C@@]1(O)CCCN(C(=O)c2ccc3nc(C)[nH]c3c2)C1. The molecular weight excluding hydrogens is 342 g/mol. The first-order chi connectivity index (χ1) is 13.0. The number of likely N-dealkylation sites (tertiary alicyclic amines) is 1. The summed E-state index contributed by atoms with van der Waals surface area (Å²) in [5, 5.41) is 11.3. The van der Waals surface area contributed by atoms with Crippen molar-refractivity contribution < 1.29 is 14.6 Å². The molecule has 6 heteroatoms. The second kappa shape index (κ2) is 6.70. The van der Waals surface area contributed by atoms with E-state index in [0.29, 0.717) is 24.3 Å². The Morgan fingerprint density at radius 1 is 1.30 bits per heavy atom. The second-order valence-corrected chi connectivity index (χ2v) is 7.12. The minimum atomic E-state index is -1.12. The third-order valence-electron chi connectivity index (χ3n) is 5.21. The molecule has 0 bridgehead atoms. The van der Waals surface area contributed by atoms with Gasteiger partial charge in [0.05, 0.1) is 24.7 Å². The molecule has 1 saturated heterocycles. The van der Waals surface area contributed by atoms with E-state index in [0.717, 1.165) is 28.8 Å². The molecule has 2 N–H and O–H groups in total. The van der Waals surface area contributed by atoms with E-state index in [-0.39, 0.29) is 12.5 Å². The van der Waals surface area contributed by atoms with Crippen LogP contribution in [-0.4, -0.2) is 46.1 Å². The largest absolute Gasteiger partial charge is 0.496 e. The van der Waals surface area contributed by atoms with Gasteiger partial charge in [-0.25, -0.2) is 4.98 Å². The molecule has 1 amide bonds. The van der Waals surface area contributed by atoms with Gasteiger partial charge in [-0.1, -0.05) is 18.2 Å². The van der Waals surface area contributed by atoms with Crippen LogP contribution in [0.4, 0.5) is 0 Å². The van der Waals surface area contributed by atoms with Gasteiger partial charge < -0.3 is 19.7 Å². The van der Waals surface area contributed by atoms with Gasteiger partial charge in [-0.2, -0.15) is 0 Å². The summed E-state index contributed by atoms with van der Waals surface area (Å²) >= 11 is 0. The van der Waals surface area contributed by atoms with Crippen LogP contribution in [0, 0.1) is 6.92 Å². The standard InChI is InChI=1S/C21H23N3O3/c1-14-22-17-9-8-15(12-18(17)23-14)20(25)24-11-5-10-21(26,13-24)16-6-3-4-7-19(16)27-2/h3-4,6-9,12,26H,5,10-11,13H2,1-2H3,(H,22,23)/t21-/m1/s1. The number of H-pyrrole nitrogens is 1. The molecule has 1 fully saturated rings. The fourth-order valence-corrected chi connectivity index (χ4v) is 3.91. The van der Waals surface area contributed by atoms with Crippen LogP contribution in [0.25, 0.3) is 11.0 Å². The van der Waals surface area contributed by atoms with Gasteiger partial charge in [0.25, 0.3) is 5.91 Å². The molecule has 0 radical (unpaired) electrons. The summed E-state index contributed by atoms with van der Waals surface area (Å²) in [5.41, 5.74) is 1.89. The molecule has 2 heterocycles. The number of imidazole rings is 1. The van der Waals surface area contributed by atoms with Gasteiger partial charge in [-0.05, 0) is 44.0 Å². The van der Waals surface area contributed by atoms with E-state index < -0.39 is 5.60 Å². The molecule has 1 aromatic heterocycles. The maximum absolute atomic E-state index is 13.1. The summed E-state index contributed by atoms with van der Waals surface area (Å²) in [7, 11) is 1.59. The number of carbonyl (C=O) groups excluding carboxylic acids is 1. The summed E-state index contributed by atoms with van der Waals surface area (Å²) < 4.78 is 5.42. The van der Waals surface area contributed by atoms with Crippen molar-refractivity contribution in [3.63, 3.8) is 0 Å². The molecule has 4 rings (SSSR count). The Morgan fingerprint density at radius 3 is 2.93 bits per heavy atom. The minimum Gasteiger partial charge on any atom is -0.496 e. The van der Waals surface area contributed by atoms with E-state index >= 15 is 0 Å². The number of amides is 1. The van der Waals surface area contributed by atoms with E-state index in [1.165, 1.54) is 0 Å². The summed E-state index contributed by atoms with van der Waals surface area (Å²) in [6, 6.07) is 12.9. The van der Waals surface area contributed by atoms with Crippen molar-refractivity contribution in [1.82, 2.24) is 14.9 Å². The van der Waals surface area contributed by atoms with Crippen molar-refractivity contribution in [2.24, 2.45) is 0 Å². The number of aromatic nitrogens is 2. The molecule has 140 valence electrons. The predicted octanol–water partition coefficient (Wildman–Crippen LogP) is 3.00. The highest BCUT2D eigenvalue weighted by atomic mass is 16.5. The van der Waals surface area contributed by atoms with Crippen molar-refractivity contribution in [3.05, 3.63) is 59.4 Å². The number of rotatable bonds is 3. The highest BCUT2D eigenvalue weighted by Gasteiger charge is 2.38. The zero-order valence-electron chi connectivity index (χ0n) is 15.5. The number of aromatic amines is 1. The number of carbonyl (C=O) groups is 1. The summed E-state index contributed by atoms with van der Waals surface area (Å²) in [6.07, 6.45) is 1.32. The third-order valence-corrected chi connectivity index (χ3v) is 5.21. The Morgan fingerprint density at radius 2 is 2.11 bits per heavy atom. The number of benzene rings is 2. The van der Waals surface area contributed by atoms with Crippen molar-refractivity contribution in [3.8, 4) is 5.75 Å². The lowest BCUT2D eigenvalue weighted by Crippen LogP contribution is -2.48. The zero-order chi connectivity index (χ0) is 19.0. The van der Waals surface area contributed by atoms with Gasteiger partial charge >= 0.3 is 0 Å². The van der Waals surface area contributed by atoms with Crippen LogP contribution >= 0.6 is 0 Å². The quantitative estimate of drug-likeness (QED) is 0.748. The number of β-amino-alcohol motifs (C(OH)–C–C–N with tert-alkyl or cyclic N) is 1. The van der Waals surface area contributed by atoms with E-state index in [4.69, 9.17) is 4.74 Å². The molecule has 0 saturated carbocycles. The summed E-state index contributed by atoms with van der Waals surface area (Å²) in [5.74, 6) is 1.37. The average Bonchev–Trinajstić information content (AvgIpc) is 3.06. The number of piperidine rings is 1. The maximum atomic E-state index is 13.1. The monoisotopic (exact) mass is 365 g/mol. The first kappa shape index (κ1) is 17.5. The molecule has 0 aliphatic carbocycles. The smallest absolute Gasteiger partial charge is 0.254 e. The molecule has 1 atom stereocenters. The van der Waals surface area contributed by atoms with Gasteiger partial charge in [0.15, 0.2) is 0 Å². The fourth-order valence-electron chi connectivity index (χ4n) is 3.91. The molecule has 1 aliphatic rings. The number of hydrogen-bond acceptors (Lipinski definition) is 4. The molecule has 2 aromatic carbocycles. The number of methoxy groups -OCH3 is 1. The Kier molecular flexibility index (Phi) is 4.36. The molecular formula is C21H23N3O3. The van der Waals surface area contributed by atoms with Gasteiger partial charge in [-0.3, -0.25) is 4.79 Å². The maximum Gasteiger partial charge on any atom is 0.254 e. The van der Waals surface area contributed by atoms with Crippen LogP contribution in [0.15, 0.2) is 42.5 Å². The third kappa shape index (κ3) is 3.17. The van der Waals surface area contributed by atoms with E-state index in [9.17, 15) is 9.90 Å². The van der Waals surface area contributed by atoms with Crippen LogP contribution in [-0.2, 0) is 5.60 Å². The number of fused-ring (bicyclic) bond motifs is 1. The minimum absolute atomic E-state index is 0.0859. The summed E-state index contributed by atoms with van der Waals surface area (Å²) in [4.78, 5) is 22.3. The highest BCUT2D eigenvalue weighted by molar-refractivity contribution is 5.97. The van der Waals surface area contributed by atoms with Gasteiger partial charge in [0.2, 0.25) is 0 Å². The zero-order valence-corrected chi connectivity index (χ0v) is 15.5. The van der Waals surface area contributed by atoms with Crippen LogP contribution in [0.2, 0.25) is 0 Å². The molecule has 0 unspecified atom stereocenters. The number of nitrogens with one attached hydrogen (secondary N) is 1. The highest BCUT2D eigenvalue weighted by Crippen LogP contribution is 2.37. The number of hydrogen-bond donors (Lipinski definition) is 2. The predicted molar refractivity (Wildman–Crippen MR) is 103 cm³/mol. The number of aliphatic hydroxyl groups is 1. The number of aryl methyl sites for hydroxylation is 1. The first-order valence-corrected chi connectivity index (χ1v) is 9.12. The lowest BCUT2D eigenvalue weighted by Gasteiger charge is -2.40. The molecule has 3 aromatic rings. The van der Waals surface area contributed by atoms with Gasteiger partial charge in [0.1, 0.15) is 17.2 Å². The Labute approximate surface area is 157 Å². The number of para-hydroxylation sites is 1.